The maximum atomic E-state index is 12.5. The maximum absolute atomic E-state index is 12.5. The fraction of sp³-hybridized carbons (Fsp3) is 0.111. The van der Waals surface area contributed by atoms with E-state index in [1.165, 1.54) is 0 Å². The van der Waals surface area contributed by atoms with Gasteiger partial charge in [0.05, 0.1) is 5.52 Å². The van der Waals surface area contributed by atoms with E-state index >= 15 is 0 Å². The Labute approximate surface area is 132 Å². The molecule has 23 heavy (non-hydrogen) atoms. The van der Waals surface area contributed by atoms with Crippen molar-refractivity contribution in [2.45, 2.75) is 13.5 Å². The summed E-state index contributed by atoms with van der Waals surface area (Å²) in [7, 11) is 0. The summed E-state index contributed by atoms with van der Waals surface area (Å²) in [6.07, 6.45) is 0. The van der Waals surface area contributed by atoms with Crippen LogP contribution >= 0.6 is 0 Å². The van der Waals surface area contributed by atoms with Gasteiger partial charge in [0.25, 0.3) is 5.56 Å². The number of aromatic nitrogens is 1. The smallest absolute Gasteiger partial charge is 0.341 e. The van der Waals surface area contributed by atoms with Crippen LogP contribution in [-0.2, 0) is 6.61 Å². The van der Waals surface area contributed by atoms with Crippen molar-refractivity contribution in [2.24, 2.45) is 0 Å². The first-order valence-electron chi connectivity index (χ1n) is 7.14. The number of carboxylic acid groups (broad SMARTS) is 1. The van der Waals surface area contributed by atoms with E-state index in [9.17, 15) is 14.7 Å². The summed E-state index contributed by atoms with van der Waals surface area (Å²) in [6, 6.07) is 16.5. The second kappa shape index (κ2) is 5.96. The summed E-state index contributed by atoms with van der Waals surface area (Å²) in [6.45, 7) is 1.81. The van der Waals surface area contributed by atoms with Crippen LogP contribution in [0.25, 0.3) is 10.9 Å². The molecule has 0 amide bonds. The van der Waals surface area contributed by atoms with Crippen molar-refractivity contribution in [3.8, 4) is 0 Å². The van der Waals surface area contributed by atoms with Gasteiger partial charge in [0, 0.05) is 5.39 Å². The van der Waals surface area contributed by atoms with E-state index in [1.54, 1.807) is 31.2 Å². The number of aryl methyl sites for hydroxylation is 1. The Hall–Kier alpha value is -3.08. The lowest BCUT2D eigenvalue weighted by atomic mass is 10.1. The number of aromatic carboxylic acids is 1. The molecular weight excluding hydrogens is 294 g/mol. The van der Waals surface area contributed by atoms with Gasteiger partial charge in [-0.05, 0) is 24.1 Å². The highest BCUT2D eigenvalue weighted by Crippen LogP contribution is 2.19. The van der Waals surface area contributed by atoms with E-state index in [-0.39, 0.29) is 12.2 Å². The number of carbonyl (C=O) groups is 1. The minimum atomic E-state index is -1.25. The normalized spacial score (nSPS) is 10.7. The molecule has 0 aliphatic heterocycles. The van der Waals surface area contributed by atoms with Gasteiger partial charge in [0.1, 0.15) is 12.2 Å². The van der Waals surface area contributed by atoms with Gasteiger partial charge in [0.15, 0.2) is 0 Å². The minimum Gasteiger partial charge on any atom is -0.477 e. The van der Waals surface area contributed by atoms with Gasteiger partial charge in [0.2, 0.25) is 0 Å². The Balaban J connectivity index is 2.15. The fourth-order valence-corrected chi connectivity index (χ4v) is 2.57. The summed E-state index contributed by atoms with van der Waals surface area (Å²) in [5, 5.41) is 10.0. The molecule has 0 aliphatic rings. The number of para-hydroxylation sites is 1. The molecule has 3 aromatic rings. The first kappa shape index (κ1) is 14.8. The molecule has 0 spiro atoms. The third-order valence-electron chi connectivity index (χ3n) is 3.72. The molecule has 0 saturated heterocycles. The van der Waals surface area contributed by atoms with Crippen molar-refractivity contribution in [2.75, 3.05) is 0 Å². The van der Waals surface area contributed by atoms with Crippen molar-refractivity contribution in [3.63, 3.8) is 0 Å². The molecule has 0 saturated carbocycles. The molecule has 2 aromatic carbocycles. The first-order valence-corrected chi connectivity index (χ1v) is 7.14. The van der Waals surface area contributed by atoms with Crippen LogP contribution in [0, 0.1) is 6.92 Å². The summed E-state index contributed by atoms with van der Waals surface area (Å²) >= 11 is 0. The number of pyridine rings is 1. The van der Waals surface area contributed by atoms with Crippen LogP contribution in [0.15, 0.2) is 59.4 Å². The molecule has 5 heteroatoms. The highest BCUT2D eigenvalue weighted by atomic mass is 16.7. The number of hydrogen-bond acceptors (Lipinski definition) is 3. The summed E-state index contributed by atoms with van der Waals surface area (Å²) in [5.41, 5.74) is 0.955. The Morgan fingerprint density at radius 2 is 1.74 bits per heavy atom. The van der Waals surface area contributed by atoms with Crippen molar-refractivity contribution >= 4 is 16.9 Å². The predicted molar refractivity (Wildman–Crippen MR) is 86.6 cm³/mol. The number of carboxylic acids is 1. The lowest BCUT2D eigenvalue weighted by molar-refractivity contribution is 0.0676. The van der Waals surface area contributed by atoms with E-state index in [0.717, 1.165) is 10.3 Å². The minimum absolute atomic E-state index is 0.173. The molecule has 5 nitrogen and oxygen atoms in total. The lowest BCUT2D eigenvalue weighted by Crippen LogP contribution is -2.32. The zero-order valence-corrected chi connectivity index (χ0v) is 12.5. The van der Waals surface area contributed by atoms with Crippen molar-refractivity contribution in [1.82, 2.24) is 4.73 Å². The van der Waals surface area contributed by atoms with Crippen molar-refractivity contribution in [1.29, 1.82) is 0 Å². The van der Waals surface area contributed by atoms with Gasteiger partial charge in [-0.2, -0.15) is 0 Å². The first-order chi connectivity index (χ1) is 11.1. The second-order valence-electron chi connectivity index (χ2n) is 5.18. The van der Waals surface area contributed by atoms with Gasteiger partial charge >= 0.3 is 5.97 Å². The van der Waals surface area contributed by atoms with E-state index in [2.05, 4.69) is 0 Å². The van der Waals surface area contributed by atoms with E-state index in [0.29, 0.717) is 16.5 Å². The molecule has 1 aromatic heterocycles. The lowest BCUT2D eigenvalue weighted by Gasteiger charge is -2.15. The van der Waals surface area contributed by atoms with Crippen LogP contribution in [-0.4, -0.2) is 15.8 Å². The van der Waals surface area contributed by atoms with Crippen LogP contribution in [0.3, 0.4) is 0 Å². The standard InChI is InChI=1S/C18H15NO4/c1-12-14-9-5-6-10-15(14)19(17(20)16(12)18(21)22)23-11-13-7-3-2-4-8-13/h2-10H,11H2,1H3,(H,21,22). The van der Waals surface area contributed by atoms with Gasteiger partial charge in [-0.25, -0.2) is 4.79 Å². The monoisotopic (exact) mass is 309 g/mol. The quantitative estimate of drug-likeness (QED) is 0.804. The van der Waals surface area contributed by atoms with Crippen LogP contribution in [0.5, 0.6) is 0 Å². The Morgan fingerprint density at radius 3 is 2.43 bits per heavy atom. The molecule has 1 heterocycles. The summed E-state index contributed by atoms with van der Waals surface area (Å²) in [5.74, 6) is -1.25. The third kappa shape index (κ3) is 2.68. The van der Waals surface area contributed by atoms with Crippen molar-refractivity contribution in [3.05, 3.63) is 81.6 Å². The largest absolute Gasteiger partial charge is 0.477 e. The van der Waals surface area contributed by atoms with Crippen LogP contribution in [0.4, 0.5) is 0 Å². The average Bonchev–Trinajstić information content (AvgIpc) is 2.55. The molecule has 0 atom stereocenters. The highest BCUT2D eigenvalue weighted by molar-refractivity contribution is 5.95. The Kier molecular flexibility index (Phi) is 3.85. The predicted octanol–water partition coefficient (Wildman–Crippen LogP) is 2.64. The zero-order valence-electron chi connectivity index (χ0n) is 12.5. The molecule has 0 radical (unpaired) electrons. The molecule has 0 fully saturated rings. The maximum Gasteiger partial charge on any atom is 0.341 e. The fourth-order valence-electron chi connectivity index (χ4n) is 2.57. The Bertz CT molecular complexity index is 929. The summed E-state index contributed by atoms with van der Waals surface area (Å²) < 4.78 is 1.07. The number of fused-ring (bicyclic) bond motifs is 1. The number of rotatable bonds is 4. The molecule has 0 aliphatic carbocycles. The van der Waals surface area contributed by atoms with E-state index in [1.807, 2.05) is 30.3 Å². The molecule has 116 valence electrons. The van der Waals surface area contributed by atoms with E-state index in [4.69, 9.17) is 4.84 Å². The van der Waals surface area contributed by atoms with Gasteiger partial charge in [-0.15, -0.1) is 4.73 Å². The number of benzene rings is 2. The number of nitrogens with zero attached hydrogens (tertiary/aromatic N) is 1. The highest BCUT2D eigenvalue weighted by Gasteiger charge is 2.19. The van der Waals surface area contributed by atoms with Crippen LogP contribution < -0.4 is 10.4 Å². The molecule has 3 rings (SSSR count). The molecule has 0 unspecified atom stereocenters. The SMILES string of the molecule is Cc1c(C(=O)O)c(=O)n(OCc2ccccc2)c2ccccc12. The van der Waals surface area contributed by atoms with Crippen LogP contribution in [0.1, 0.15) is 21.5 Å². The third-order valence-corrected chi connectivity index (χ3v) is 3.72. The van der Waals surface area contributed by atoms with Gasteiger partial charge < -0.3 is 9.94 Å². The summed E-state index contributed by atoms with van der Waals surface area (Å²) in [4.78, 5) is 29.6. The van der Waals surface area contributed by atoms with E-state index < -0.39 is 11.5 Å². The molecular formula is C18H15NO4. The second-order valence-corrected chi connectivity index (χ2v) is 5.18. The number of hydrogen-bond donors (Lipinski definition) is 1. The van der Waals surface area contributed by atoms with Crippen molar-refractivity contribution < 1.29 is 14.7 Å². The molecule has 0 bridgehead atoms. The topological polar surface area (TPSA) is 68.5 Å². The van der Waals surface area contributed by atoms with Gasteiger partial charge in [-0.1, -0.05) is 48.5 Å². The average molecular weight is 309 g/mol. The van der Waals surface area contributed by atoms with Gasteiger partial charge in [-0.3, -0.25) is 4.79 Å². The molecule has 1 N–H and O–H groups in total. The zero-order chi connectivity index (χ0) is 16.4. The van der Waals surface area contributed by atoms with Crippen LogP contribution in [0.2, 0.25) is 0 Å². The Morgan fingerprint density at radius 1 is 1.09 bits per heavy atom.